The molecule has 0 heterocycles. The van der Waals surface area contributed by atoms with Gasteiger partial charge >= 0.3 is 0 Å². The summed E-state index contributed by atoms with van der Waals surface area (Å²) in [6.45, 7) is 29.5. The molecule has 0 nitrogen and oxygen atoms in total. The summed E-state index contributed by atoms with van der Waals surface area (Å²) in [5.41, 5.74) is 0. The molecular weight excluding hydrogens is 372 g/mol. The quantitative estimate of drug-likeness (QED) is 0.402. The van der Waals surface area contributed by atoms with Gasteiger partial charge < -0.3 is 0 Å². The number of hydrogen-bond donors (Lipinski definition) is 0. The highest BCUT2D eigenvalue weighted by atomic mass is 14.3. The normalized spacial score (nSPS) is 34.0. The van der Waals surface area contributed by atoms with Crippen LogP contribution >= 0.6 is 0 Å². The lowest BCUT2D eigenvalue weighted by Gasteiger charge is -2.12. The topological polar surface area (TPSA) is 0 Å². The van der Waals surface area contributed by atoms with Gasteiger partial charge in [-0.15, -0.1) is 0 Å². The van der Waals surface area contributed by atoms with Gasteiger partial charge in [-0.2, -0.15) is 0 Å². The van der Waals surface area contributed by atoms with Gasteiger partial charge in [0.05, 0.1) is 0 Å². The van der Waals surface area contributed by atoms with Crippen molar-refractivity contribution in [1.29, 1.82) is 0 Å². The molecule has 3 rings (SSSR count). The van der Waals surface area contributed by atoms with Crippen LogP contribution in [0.4, 0.5) is 0 Å². The lowest BCUT2D eigenvalue weighted by molar-refractivity contribution is 0.380. The van der Waals surface area contributed by atoms with Crippen LogP contribution in [0.3, 0.4) is 0 Å². The van der Waals surface area contributed by atoms with Crippen molar-refractivity contribution in [3.05, 3.63) is 0 Å². The molecule has 3 fully saturated rings. The van der Waals surface area contributed by atoms with Crippen LogP contribution in [0.15, 0.2) is 0 Å². The maximum Gasteiger partial charge on any atom is -0.0388 e. The molecule has 0 aromatic carbocycles. The first-order valence-corrected chi connectivity index (χ1v) is 14.5. The minimum atomic E-state index is 0.926. The lowest BCUT2D eigenvalue weighted by Crippen LogP contribution is -2.04. The Labute approximate surface area is 201 Å². The first-order chi connectivity index (χ1) is 14.5. The Kier molecular flexibility index (Phi) is 20.8. The Morgan fingerprint density at radius 3 is 0.935 bits per heavy atom. The summed E-state index contributed by atoms with van der Waals surface area (Å²) >= 11 is 0. The minimum Gasteiger partial charge on any atom is -0.0683 e. The van der Waals surface area contributed by atoms with Crippen molar-refractivity contribution in [3.8, 4) is 0 Å². The second-order valence-corrected chi connectivity index (χ2v) is 11.9. The molecule has 31 heavy (non-hydrogen) atoms. The summed E-state index contributed by atoms with van der Waals surface area (Å²) in [4.78, 5) is 0. The van der Waals surface area contributed by atoms with Crippen molar-refractivity contribution >= 4 is 0 Å². The van der Waals surface area contributed by atoms with Crippen LogP contribution in [0.2, 0.25) is 0 Å². The van der Waals surface area contributed by atoms with E-state index >= 15 is 0 Å². The van der Waals surface area contributed by atoms with E-state index in [0.717, 1.165) is 53.3 Å². The first-order valence-electron chi connectivity index (χ1n) is 14.5. The maximum atomic E-state index is 2.38. The van der Waals surface area contributed by atoms with Crippen molar-refractivity contribution in [2.24, 2.45) is 53.3 Å². The highest BCUT2D eigenvalue weighted by Gasteiger charge is 2.25. The standard InChI is InChI=1S/2C9H18.C8H16.C3H8.C2H6/c2*1-7(2)9-5-4-8(3)6-9;1-6-4-5-7(2)8(6)3;1-3-2;1-2/h2*7-9H,4-6H2,1-3H3;6-8H,4-5H2,1-3H3;3H2,1-2H3;1-2H3/t8-,9?;;6-,7?,8?;;/m0.0../s1. The second kappa shape index (κ2) is 19.5. The average molecular weight is 439 g/mol. The Morgan fingerprint density at radius 2 is 0.839 bits per heavy atom. The van der Waals surface area contributed by atoms with E-state index < -0.39 is 0 Å². The zero-order valence-electron chi connectivity index (χ0n) is 24.6. The van der Waals surface area contributed by atoms with E-state index in [0.29, 0.717) is 0 Å². The van der Waals surface area contributed by atoms with Crippen LogP contribution in [0.5, 0.6) is 0 Å². The van der Waals surface area contributed by atoms with Crippen LogP contribution in [0.1, 0.15) is 148 Å². The molecule has 0 radical (unpaired) electrons. The fraction of sp³-hybridized carbons (Fsp3) is 1.00. The third-order valence-corrected chi connectivity index (χ3v) is 8.23. The van der Waals surface area contributed by atoms with Gasteiger partial charge in [0.15, 0.2) is 0 Å². The van der Waals surface area contributed by atoms with Gasteiger partial charge in [0, 0.05) is 0 Å². The van der Waals surface area contributed by atoms with Crippen molar-refractivity contribution in [3.63, 3.8) is 0 Å². The Balaban J connectivity index is 0. The summed E-state index contributed by atoms with van der Waals surface area (Å²) in [5.74, 6) is 8.92. The van der Waals surface area contributed by atoms with Crippen molar-refractivity contribution in [1.82, 2.24) is 0 Å². The van der Waals surface area contributed by atoms with Crippen molar-refractivity contribution in [2.75, 3.05) is 0 Å². The number of hydrogen-bond acceptors (Lipinski definition) is 0. The largest absolute Gasteiger partial charge is 0.0683 e. The molecule has 0 aliphatic heterocycles. The highest BCUT2D eigenvalue weighted by molar-refractivity contribution is 4.76. The predicted molar refractivity (Wildman–Crippen MR) is 147 cm³/mol. The molecule has 0 aromatic heterocycles. The Morgan fingerprint density at radius 1 is 0.548 bits per heavy atom. The first kappa shape index (κ1) is 33.2. The average Bonchev–Trinajstić information content (AvgIpc) is 3.43. The molecule has 0 bridgehead atoms. The zero-order valence-corrected chi connectivity index (χ0v) is 24.6. The van der Waals surface area contributed by atoms with Crippen molar-refractivity contribution in [2.45, 2.75) is 148 Å². The molecular formula is C31H66. The third kappa shape index (κ3) is 15.5. The monoisotopic (exact) mass is 439 g/mol. The Hall–Kier alpha value is 0. The molecule has 7 atom stereocenters. The Bertz CT molecular complexity index is 334. The molecule has 0 heteroatoms. The van der Waals surface area contributed by atoms with Gasteiger partial charge in [-0.1, -0.05) is 122 Å². The van der Waals surface area contributed by atoms with Crippen molar-refractivity contribution < 1.29 is 0 Å². The fourth-order valence-electron chi connectivity index (χ4n) is 5.33. The molecule has 3 aliphatic carbocycles. The molecule has 0 N–H and O–H groups in total. The van der Waals surface area contributed by atoms with Gasteiger partial charge in [-0.3, -0.25) is 0 Å². The summed E-state index contributed by atoms with van der Waals surface area (Å²) in [7, 11) is 0. The third-order valence-electron chi connectivity index (χ3n) is 8.23. The van der Waals surface area contributed by atoms with Gasteiger partial charge in [0.1, 0.15) is 0 Å². The van der Waals surface area contributed by atoms with Gasteiger partial charge in [-0.05, 0) is 78.9 Å². The van der Waals surface area contributed by atoms with Gasteiger partial charge in [0.2, 0.25) is 0 Å². The molecule has 3 aliphatic rings. The highest BCUT2D eigenvalue weighted by Crippen LogP contribution is 2.36. The second-order valence-electron chi connectivity index (χ2n) is 11.9. The summed E-state index contributed by atoms with van der Waals surface area (Å²) in [6.07, 6.45) is 13.1. The summed E-state index contributed by atoms with van der Waals surface area (Å²) in [6, 6.07) is 0. The van der Waals surface area contributed by atoms with Crippen LogP contribution in [-0.2, 0) is 0 Å². The van der Waals surface area contributed by atoms with E-state index in [1.54, 1.807) is 0 Å². The summed E-state index contributed by atoms with van der Waals surface area (Å²) in [5, 5.41) is 0. The molecule has 190 valence electrons. The maximum absolute atomic E-state index is 2.38. The van der Waals surface area contributed by atoms with Crippen LogP contribution in [-0.4, -0.2) is 0 Å². The van der Waals surface area contributed by atoms with Gasteiger partial charge in [-0.25, -0.2) is 0 Å². The van der Waals surface area contributed by atoms with Crippen LogP contribution in [0, 0.1) is 53.3 Å². The van der Waals surface area contributed by atoms with Gasteiger partial charge in [0.25, 0.3) is 0 Å². The zero-order chi connectivity index (χ0) is 24.6. The number of rotatable bonds is 2. The fourth-order valence-corrected chi connectivity index (χ4v) is 5.33. The molecule has 5 unspecified atom stereocenters. The van der Waals surface area contributed by atoms with E-state index in [2.05, 4.69) is 76.2 Å². The smallest absolute Gasteiger partial charge is 0.0388 e. The van der Waals surface area contributed by atoms with E-state index in [1.165, 1.54) is 57.8 Å². The molecule has 3 saturated carbocycles. The molecule has 0 amide bonds. The SMILES string of the molecule is CC.CC(C)C1CC[C@H](C)C1.CC1CCC(C(C)C)C1.CC1CC[C@H](C)C1C.CCC. The van der Waals surface area contributed by atoms with Crippen LogP contribution < -0.4 is 0 Å². The molecule has 0 saturated heterocycles. The van der Waals surface area contributed by atoms with Crippen LogP contribution in [0.25, 0.3) is 0 Å². The summed E-state index contributed by atoms with van der Waals surface area (Å²) < 4.78 is 0. The van der Waals surface area contributed by atoms with E-state index in [1.807, 2.05) is 13.8 Å². The van der Waals surface area contributed by atoms with E-state index in [-0.39, 0.29) is 0 Å². The predicted octanol–water partition coefficient (Wildman–Crippen LogP) is 11.3. The van der Waals surface area contributed by atoms with E-state index in [4.69, 9.17) is 0 Å². The van der Waals surface area contributed by atoms with E-state index in [9.17, 15) is 0 Å². The lowest BCUT2D eigenvalue weighted by atomic mass is 9.94. The molecule has 0 spiro atoms. The molecule has 0 aromatic rings. The minimum absolute atomic E-state index is 0.926.